The third-order valence-corrected chi connectivity index (χ3v) is 4.06. The van der Waals surface area contributed by atoms with Gasteiger partial charge in [-0.25, -0.2) is 0 Å². The molecule has 1 unspecified atom stereocenters. The largest absolute Gasteiger partial charge is 0.465 e. The molecule has 0 aliphatic heterocycles. The Morgan fingerprint density at radius 3 is 2.40 bits per heavy atom. The number of amides is 1. The van der Waals surface area contributed by atoms with Crippen LogP contribution < -0.4 is 5.73 Å². The minimum Gasteiger partial charge on any atom is -0.465 e. The molecule has 0 heterocycles. The minimum absolute atomic E-state index is 0.221. The SMILES string of the molecule is CCOC(=O)C(N)CCSCCCC(=O)N(CC)CC. The van der Waals surface area contributed by atoms with Crippen molar-refractivity contribution in [1.29, 1.82) is 0 Å². The number of nitrogens with two attached hydrogens (primary N) is 1. The van der Waals surface area contributed by atoms with E-state index in [2.05, 4.69) is 0 Å². The average molecular weight is 304 g/mol. The van der Waals surface area contributed by atoms with Crippen molar-refractivity contribution in [3.8, 4) is 0 Å². The van der Waals surface area contributed by atoms with E-state index in [4.69, 9.17) is 10.5 Å². The van der Waals surface area contributed by atoms with Gasteiger partial charge in [-0.3, -0.25) is 9.59 Å². The maximum absolute atomic E-state index is 11.7. The highest BCUT2D eigenvalue weighted by molar-refractivity contribution is 7.99. The Morgan fingerprint density at radius 1 is 1.20 bits per heavy atom. The first-order valence-corrected chi connectivity index (χ1v) is 8.49. The van der Waals surface area contributed by atoms with Gasteiger partial charge in [0.1, 0.15) is 6.04 Å². The molecule has 0 aromatic rings. The van der Waals surface area contributed by atoms with Crippen molar-refractivity contribution in [2.24, 2.45) is 5.73 Å². The van der Waals surface area contributed by atoms with Gasteiger partial charge in [0.05, 0.1) is 6.61 Å². The van der Waals surface area contributed by atoms with Crippen LogP contribution in [0.1, 0.15) is 40.0 Å². The zero-order valence-electron chi connectivity index (χ0n) is 12.9. The molecule has 0 spiro atoms. The van der Waals surface area contributed by atoms with Crippen molar-refractivity contribution in [2.75, 3.05) is 31.2 Å². The number of hydrogen-bond donors (Lipinski definition) is 1. The van der Waals surface area contributed by atoms with Gasteiger partial charge in [-0.2, -0.15) is 11.8 Å². The number of rotatable bonds is 11. The first kappa shape index (κ1) is 19.2. The topological polar surface area (TPSA) is 72.6 Å². The molecule has 0 fully saturated rings. The first-order chi connectivity index (χ1) is 9.56. The highest BCUT2D eigenvalue weighted by Gasteiger charge is 2.13. The van der Waals surface area contributed by atoms with Gasteiger partial charge in [0.2, 0.25) is 5.91 Å². The number of hydrogen-bond acceptors (Lipinski definition) is 5. The zero-order valence-corrected chi connectivity index (χ0v) is 13.7. The molecule has 1 amide bonds. The molecular weight excluding hydrogens is 276 g/mol. The number of ether oxygens (including phenoxy) is 1. The van der Waals surface area contributed by atoms with Crippen molar-refractivity contribution in [1.82, 2.24) is 4.90 Å². The van der Waals surface area contributed by atoms with Gasteiger partial charge in [0.25, 0.3) is 0 Å². The monoisotopic (exact) mass is 304 g/mol. The summed E-state index contributed by atoms with van der Waals surface area (Å²) in [4.78, 5) is 24.9. The van der Waals surface area contributed by atoms with E-state index in [0.717, 1.165) is 31.0 Å². The summed E-state index contributed by atoms with van der Waals surface area (Å²) in [5.74, 6) is 1.63. The molecule has 0 bridgehead atoms. The highest BCUT2D eigenvalue weighted by atomic mass is 32.2. The van der Waals surface area contributed by atoms with Gasteiger partial charge in [-0.15, -0.1) is 0 Å². The van der Waals surface area contributed by atoms with Crippen LogP contribution in [-0.2, 0) is 14.3 Å². The molecule has 0 aromatic heterocycles. The van der Waals surface area contributed by atoms with Gasteiger partial charge in [-0.1, -0.05) is 0 Å². The van der Waals surface area contributed by atoms with Gasteiger partial charge in [-0.05, 0) is 45.1 Å². The zero-order chi connectivity index (χ0) is 15.4. The van der Waals surface area contributed by atoms with Crippen molar-refractivity contribution in [3.05, 3.63) is 0 Å². The molecule has 2 N–H and O–H groups in total. The summed E-state index contributed by atoms with van der Waals surface area (Å²) in [5, 5.41) is 0. The third-order valence-electron chi connectivity index (χ3n) is 2.96. The molecular formula is C14H28N2O3S. The molecule has 5 nitrogen and oxygen atoms in total. The van der Waals surface area contributed by atoms with E-state index in [0.29, 0.717) is 19.4 Å². The van der Waals surface area contributed by atoms with Crippen LogP contribution in [0.5, 0.6) is 0 Å². The van der Waals surface area contributed by atoms with Crippen molar-refractivity contribution in [2.45, 2.75) is 46.1 Å². The molecule has 6 heteroatoms. The van der Waals surface area contributed by atoms with Crippen molar-refractivity contribution in [3.63, 3.8) is 0 Å². The summed E-state index contributed by atoms with van der Waals surface area (Å²) in [6.07, 6.45) is 2.08. The second-order valence-electron chi connectivity index (χ2n) is 4.43. The van der Waals surface area contributed by atoms with Gasteiger partial charge >= 0.3 is 5.97 Å². The molecule has 20 heavy (non-hydrogen) atoms. The van der Waals surface area contributed by atoms with Crippen molar-refractivity contribution >= 4 is 23.6 Å². The highest BCUT2D eigenvalue weighted by Crippen LogP contribution is 2.09. The lowest BCUT2D eigenvalue weighted by molar-refractivity contribution is -0.144. The fourth-order valence-electron chi connectivity index (χ4n) is 1.74. The lowest BCUT2D eigenvalue weighted by atomic mass is 10.2. The lowest BCUT2D eigenvalue weighted by Crippen LogP contribution is -2.32. The Kier molecular flexibility index (Phi) is 11.6. The summed E-state index contributed by atoms with van der Waals surface area (Å²) in [6.45, 7) is 7.67. The molecule has 0 rings (SSSR count). The Balaban J connectivity index is 3.58. The maximum atomic E-state index is 11.7. The van der Waals surface area contributed by atoms with E-state index in [1.165, 1.54) is 0 Å². The van der Waals surface area contributed by atoms with Crippen LogP contribution in [-0.4, -0.2) is 54.0 Å². The summed E-state index contributed by atoms with van der Waals surface area (Å²) in [6, 6.07) is -0.528. The van der Waals surface area contributed by atoms with Crippen LogP contribution in [0, 0.1) is 0 Å². The standard InChI is InChI=1S/C14H28N2O3S/c1-4-16(5-2)13(17)8-7-10-20-11-9-12(15)14(18)19-6-3/h12H,4-11,15H2,1-3H3. The van der Waals surface area contributed by atoms with E-state index in [-0.39, 0.29) is 11.9 Å². The van der Waals surface area contributed by atoms with E-state index in [1.807, 2.05) is 18.7 Å². The molecule has 0 aliphatic carbocycles. The lowest BCUT2D eigenvalue weighted by Gasteiger charge is -2.18. The van der Waals surface area contributed by atoms with Gasteiger partial charge in [0.15, 0.2) is 0 Å². The maximum Gasteiger partial charge on any atom is 0.322 e. The molecule has 118 valence electrons. The van der Waals surface area contributed by atoms with Crippen LogP contribution in [0.4, 0.5) is 0 Å². The summed E-state index contributed by atoms with van der Waals surface area (Å²) < 4.78 is 4.84. The normalized spacial score (nSPS) is 12.0. The molecule has 1 atom stereocenters. The molecule has 0 radical (unpaired) electrons. The summed E-state index contributed by atoms with van der Waals surface area (Å²) in [7, 11) is 0. The Morgan fingerprint density at radius 2 is 1.85 bits per heavy atom. The van der Waals surface area contributed by atoms with E-state index >= 15 is 0 Å². The number of esters is 1. The first-order valence-electron chi connectivity index (χ1n) is 7.34. The van der Waals surface area contributed by atoms with Gasteiger partial charge in [0, 0.05) is 19.5 Å². The van der Waals surface area contributed by atoms with E-state index in [1.54, 1.807) is 18.7 Å². The molecule has 0 aliphatic rings. The quantitative estimate of drug-likeness (QED) is 0.464. The van der Waals surface area contributed by atoms with Gasteiger partial charge < -0.3 is 15.4 Å². The van der Waals surface area contributed by atoms with Crippen molar-refractivity contribution < 1.29 is 14.3 Å². The fraction of sp³-hybridized carbons (Fsp3) is 0.857. The Hall–Kier alpha value is -0.750. The molecule has 0 aromatic carbocycles. The third kappa shape index (κ3) is 8.43. The van der Waals surface area contributed by atoms with Crippen LogP contribution in [0.25, 0.3) is 0 Å². The Bertz CT molecular complexity index is 284. The predicted octanol–water partition coefficient (Wildman–Crippen LogP) is 1.65. The van der Waals surface area contributed by atoms with Crippen LogP contribution in [0.2, 0.25) is 0 Å². The Labute approximate surface area is 126 Å². The van der Waals surface area contributed by atoms with E-state index < -0.39 is 6.04 Å². The van der Waals surface area contributed by atoms with Crippen LogP contribution >= 0.6 is 11.8 Å². The predicted molar refractivity (Wildman–Crippen MR) is 83.7 cm³/mol. The fourth-order valence-corrected chi connectivity index (χ4v) is 2.71. The smallest absolute Gasteiger partial charge is 0.322 e. The second kappa shape index (κ2) is 12.0. The van der Waals surface area contributed by atoms with Crippen LogP contribution in [0.15, 0.2) is 0 Å². The molecule has 0 saturated carbocycles. The van der Waals surface area contributed by atoms with E-state index in [9.17, 15) is 9.59 Å². The number of thioether (sulfide) groups is 1. The number of nitrogens with zero attached hydrogens (tertiary/aromatic N) is 1. The minimum atomic E-state index is -0.528. The molecule has 0 saturated heterocycles. The summed E-state index contributed by atoms with van der Waals surface area (Å²) >= 11 is 1.73. The van der Waals surface area contributed by atoms with Crippen LogP contribution in [0.3, 0.4) is 0 Å². The average Bonchev–Trinajstić information content (AvgIpc) is 2.43. The number of carbonyl (C=O) groups excluding carboxylic acids is 2. The number of carbonyl (C=O) groups is 2. The summed E-state index contributed by atoms with van der Waals surface area (Å²) in [5.41, 5.74) is 5.69. The second-order valence-corrected chi connectivity index (χ2v) is 5.65.